The molecule has 1 atom stereocenters. The van der Waals surface area contributed by atoms with Gasteiger partial charge in [0.1, 0.15) is 6.10 Å². The average molecular weight is 173 g/mol. The number of aliphatic hydroxyl groups is 1. The van der Waals surface area contributed by atoms with Crippen molar-refractivity contribution in [1.29, 1.82) is 0 Å². The average Bonchev–Trinajstić information content (AvgIpc) is 1.63. The lowest BCUT2D eigenvalue weighted by Crippen LogP contribution is -2.13. The van der Waals surface area contributed by atoms with E-state index in [1.165, 1.54) is 6.92 Å². The molecule has 0 bridgehead atoms. The first-order chi connectivity index (χ1) is 4.37. The van der Waals surface area contributed by atoms with E-state index in [0.29, 0.717) is 0 Å². The first kappa shape index (κ1) is 16.3. The topological polar surface area (TPSA) is 121 Å². The zero-order valence-corrected chi connectivity index (χ0v) is 5.50. The van der Waals surface area contributed by atoms with E-state index in [2.05, 4.69) is 0 Å². The molecule has 0 heterocycles. The number of carboxylic acid groups (broad SMARTS) is 1. The molecule has 0 aromatic heterocycles. The second kappa shape index (κ2) is 8.56. The number of rotatable bonds is 1. The van der Waals surface area contributed by atoms with E-state index in [1.54, 1.807) is 0 Å². The predicted molar refractivity (Wildman–Crippen MR) is 30.6 cm³/mol. The molecule has 0 fully saturated rings. The summed E-state index contributed by atoms with van der Waals surface area (Å²) in [5.41, 5.74) is 0. The number of aliphatic carboxylic acids is 1. The van der Waals surface area contributed by atoms with Crippen LogP contribution in [0.5, 0.6) is 0 Å². The van der Waals surface area contributed by atoms with E-state index in [-0.39, 0.29) is 4.70 Å². The minimum atomic E-state index is -1.50. The fourth-order valence-corrected chi connectivity index (χ4v) is 0. The van der Waals surface area contributed by atoms with Crippen molar-refractivity contribution < 1.29 is 30.0 Å². The molecule has 0 aromatic carbocycles. The molecular weight excluding hydrogens is 165 g/mol. The van der Waals surface area contributed by atoms with Crippen molar-refractivity contribution in [2.24, 2.45) is 0 Å². The largest absolute Gasteiger partial charge is 0.479 e. The second-order valence-corrected chi connectivity index (χ2v) is 1.25. The van der Waals surface area contributed by atoms with E-state index < -0.39 is 17.2 Å². The maximum Gasteiger partial charge on any atom is 0.332 e. The Balaban J connectivity index is -0.000000114. The highest BCUT2D eigenvalue weighted by Gasteiger charge is 2.01. The third-order valence-corrected chi connectivity index (χ3v) is 0.357. The van der Waals surface area contributed by atoms with Crippen LogP contribution >= 0.6 is 0 Å². The second-order valence-electron chi connectivity index (χ2n) is 1.25. The van der Waals surface area contributed by atoms with Gasteiger partial charge < -0.3 is 15.4 Å². The van der Waals surface area contributed by atoms with Crippen molar-refractivity contribution in [2.45, 2.75) is 13.0 Å². The summed E-state index contributed by atoms with van der Waals surface area (Å²) in [7, 11) is 0. The van der Waals surface area contributed by atoms with Gasteiger partial charge in [0.15, 0.2) is 0 Å². The minimum absolute atomic E-state index is 0. The Morgan fingerprint density at radius 3 is 1.73 bits per heavy atom. The number of carbonyl (C=O) groups is 1. The Labute approximate surface area is 60.4 Å². The van der Waals surface area contributed by atoms with Gasteiger partial charge in [-0.2, -0.15) is 0 Å². The molecule has 0 aliphatic heterocycles. The summed E-state index contributed by atoms with van der Waals surface area (Å²) in [4.78, 5) is 17.8. The SMILES string of the molecule is CC(O)C(=O)O.F.O=[N+]([O-])O. The van der Waals surface area contributed by atoms with Crippen molar-refractivity contribution in [3.8, 4) is 0 Å². The number of halogens is 1. The molecule has 0 aromatic rings. The van der Waals surface area contributed by atoms with Crippen LogP contribution in [0.1, 0.15) is 6.92 Å². The van der Waals surface area contributed by atoms with Crippen molar-refractivity contribution in [3.63, 3.8) is 0 Å². The molecule has 0 saturated heterocycles. The maximum atomic E-state index is 9.45. The normalized spacial score (nSPS) is 9.64. The molecule has 0 saturated carbocycles. The highest BCUT2D eigenvalue weighted by Crippen LogP contribution is 1.73. The van der Waals surface area contributed by atoms with Gasteiger partial charge in [-0.05, 0) is 6.92 Å². The van der Waals surface area contributed by atoms with E-state index >= 15 is 0 Å². The number of hydrogen-bond acceptors (Lipinski definition) is 4. The molecule has 0 aliphatic rings. The van der Waals surface area contributed by atoms with Gasteiger partial charge in [0.2, 0.25) is 0 Å². The first-order valence-electron chi connectivity index (χ1n) is 2.12. The molecule has 0 radical (unpaired) electrons. The highest BCUT2D eigenvalue weighted by molar-refractivity contribution is 5.71. The zero-order valence-electron chi connectivity index (χ0n) is 5.50. The van der Waals surface area contributed by atoms with E-state index in [0.717, 1.165) is 0 Å². The van der Waals surface area contributed by atoms with Gasteiger partial charge in [-0.3, -0.25) is 4.70 Å². The summed E-state index contributed by atoms with van der Waals surface area (Å²) in [6.07, 6.45) is -1.23. The molecule has 8 heteroatoms. The lowest BCUT2D eigenvalue weighted by atomic mass is 10.4. The summed E-state index contributed by atoms with van der Waals surface area (Å²) in [6, 6.07) is 0. The summed E-state index contributed by atoms with van der Waals surface area (Å²) < 4.78 is 0. The van der Waals surface area contributed by atoms with Gasteiger partial charge in [-0.25, -0.2) is 4.79 Å². The molecule has 11 heavy (non-hydrogen) atoms. The van der Waals surface area contributed by atoms with Crippen LogP contribution in [-0.4, -0.2) is 32.6 Å². The standard InChI is InChI=1S/C3H6O3.FH.HNO3/c1-2(4)3(5)6;;2-1(3)4/h2,4H,1H3,(H,5,6);1H;(H,2,3,4). The fourth-order valence-electron chi connectivity index (χ4n) is 0. The smallest absolute Gasteiger partial charge is 0.332 e. The lowest BCUT2D eigenvalue weighted by Gasteiger charge is -1.89. The minimum Gasteiger partial charge on any atom is -0.479 e. The molecule has 68 valence electrons. The van der Waals surface area contributed by atoms with E-state index in [1.807, 2.05) is 0 Å². The van der Waals surface area contributed by atoms with Crippen LogP contribution in [0, 0.1) is 10.1 Å². The van der Waals surface area contributed by atoms with E-state index in [9.17, 15) is 4.79 Å². The van der Waals surface area contributed by atoms with Crippen molar-refractivity contribution in [1.82, 2.24) is 0 Å². The Morgan fingerprint density at radius 2 is 1.73 bits per heavy atom. The van der Waals surface area contributed by atoms with Crippen molar-refractivity contribution in [2.75, 3.05) is 0 Å². The van der Waals surface area contributed by atoms with Gasteiger partial charge in [0.05, 0.1) is 0 Å². The third-order valence-electron chi connectivity index (χ3n) is 0.357. The van der Waals surface area contributed by atoms with Crippen LogP contribution < -0.4 is 0 Å². The quantitative estimate of drug-likeness (QED) is 0.354. The van der Waals surface area contributed by atoms with Crippen LogP contribution in [0.25, 0.3) is 0 Å². The summed E-state index contributed by atoms with van der Waals surface area (Å²) in [5, 5.41) is 29.4. The number of aliphatic hydroxyl groups excluding tert-OH is 1. The molecule has 0 spiro atoms. The van der Waals surface area contributed by atoms with Crippen molar-refractivity contribution in [3.05, 3.63) is 10.1 Å². The van der Waals surface area contributed by atoms with Gasteiger partial charge >= 0.3 is 5.97 Å². The Kier molecular flexibility index (Phi) is 12.7. The van der Waals surface area contributed by atoms with E-state index in [4.69, 9.17) is 25.5 Å². The van der Waals surface area contributed by atoms with Gasteiger partial charge in [-0.15, -0.1) is 10.1 Å². The van der Waals surface area contributed by atoms with Crippen LogP contribution in [0.3, 0.4) is 0 Å². The molecule has 7 nitrogen and oxygen atoms in total. The first-order valence-corrected chi connectivity index (χ1v) is 2.12. The van der Waals surface area contributed by atoms with Gasteiger partial charge in [0, 0.05) is 0 Å². The van der Waals surface area contributed by atoms with Crippen LogP contribution in [0.15, 0.2) is 0 Å². The number of nitrogens with zero attached hydrogens (tertiary/aromatic N) is 1. The summed E-state index contributed by atoms with van der Waals surface area (Å²) in [6.45, 7) is 1.20. The van der Waals surface area contributed by atoms with Crippen LogP contribution in [0.2, 0.25) is 0 Å². The Bertz CT molecular complexity index is 121. The Morgan fingerprint density at radius 1 is 1.64 bits per heavy atom. The monoisotopic (exact) mass is 173 g/mol. The zero-order chi connectivity index (χ0) is 8.73. The maximum absolute atomic E-state index is 9.45. The van der Waals surface area contributed by atoms with Crippen LogP contribution in [0.4, 0.5) is 4.70 Å². The number of hydrogen-bond donors (Lipinski definition) is 3. The van der Waals surface area contributed by atoms with Gasteiger partial charge in [0.25, 0.3) is 5.09 Å². The molecule has 3 N–H and O–H groups in total. The van der Waals surface area contributed by atoms with Crippen molar-refractivity contribution >= 4 is 5.97 Å². The molecule has 0 rings (SSSR count). The summed E-state index contributed by atoms with van der Waals surface area (Å²) in [5.74, 6) is -1.19. The summed E-state index contributed by atoms with van der Waals surface area (Å²) >= 11 is 0. The highest BCUT2D eigenvalue weighted by atomic mass is 19.0. The third kappa shape index (κ3) is 56.2. The molecule has 0 aliphatic carbocycles. The molecular formula is C3H8FNO6. The lowest BCUT2D eigenvalue weighted by molar-refractivity contribution is -0.742. The van der Waals surface area contributed by atoms with Gasteiger partial charge in [-0.1, -0.05) is 0 Å². The predicted octanol–water partition coefficient (Wildman–Crippen LogP) is -0.743. The number of carboxylic acids is 1. The molecule has 1 unspecified atom stereocenters. The van der Waals surface area contributed by atoms with Crippen LogP contribution in [-0.2, 0) is 4.79 Å². The molecule has 0 amide bonds. The fraction of sp³-hybridized carbons (Fsp3) is 0.667. The Hall–Kier alpha value is -1.44.